The molecule has 0 saturated heterocycles. The minimum Gasteiger partial charge on any atom is -0.465 e. The zero-order valence-corrected chi connectivity index (χ0v) is 12.9. The second-order valence-electron chi connectivity index (χ2n) is 4.88. The molecular formula is C15H16N2O3S. The molecule has 1 heterocycles. The highest BCUT2D eigenvalue weighted by Gasteiger charge is 2.22. The van der Waals surface area contributed by atoms with E-state index in [1.807, 2.05) is 6.07 Å². The standard InChI is InChI=1S/C15H16N2O3S/c1-10-4-6-13(9-16)8-15(10)21(18,19)17-12(3)14-7-5-11(2)20-14/h4-8,12,17H,1-3H3. The number of benzene rings is 1. The van der Waals surface area contributed by atoms with Crippen LogP contribution in [-0.4, -0.2) is 8.42 Å². The van der Waals surface area contributed by atoms with Crippen LogP contribution in [-0.2, 0) is 10.0 Å². The third-order valence-corrected chi connectivity index (χ3v) is 4.81. The molecule has 0 aliphatic heterocycles. The average Bonchev–Trinajstić information content (AvgIpc) is 2.85. The maximum atomic E-state index is 12.4. The molecule has 6 heteroatoms. The van der Waals surface area contributed by atoms with Crippen LogP contribution in [0.4, 0.5) is 0 Å². The minimum absolute atomic E-state index is 0.108. The van der Waals surface area contributed by atoms with E-state index in [0.717, 1.165) is 5.76 Å². The molecule has 0 radical (unpaired) electrons. The summed E-state index contributed by atoms with van der Waals surface area (Å²) in [7, 11) is -3.72. The van der Waals surface area contributed by atoms with Crippen molar-refractivity contribution < 1.29 is 12.8 Å². The zero-order chi connectivity index (χ0) is 15.6. The smallest absolute Gasteiger partial charge is 0.241 e. The summed E-state index contributed by atoms with van der Waals surface area (Å²) in [5.74, 6) is 1.27. The first kappa shape index (κ1) is 15.3. The van der Waals surface area contributed by atoms with Crippen LogP contribution in [0.3, 0.4) is 0 Å². The predicted molar refractivity (Wildman–Crippen MR) is 78.1 cm³/mol. The predicted octanol–water partition coefficient (Wildman–Crippen LogP) is 2.81. The molecule has 1 unspecified atom stereocenters. The Hall–Kier alpha value is -2.10. The number of rotatable bonds is 4. The lowest BCUT2D eigenvalue weighted by molar-refractivity contribution is 0.441. The average molecular weight is 304 g/mol. The van der Waals surface area contributed by atoms with E-state index in [-0.39, 0.29) is 4.90 Å². The van der Waals surface area contributed by atoms with Gasteiger partial charge >= 0.3 is 0 Å². The van der Waals surface area contributed by atoms with Gasteiger partial charge in [-0.05, 0) is 50.6 Å². The third-order valence-electron chi connectivity index (χ3n) is 3.13. The van der Waals surface area contributed by atoms with Gasteiger partial charge in [-0.1, -0.05) is 6.07 Å². The first-order valence-electron chi connectivity index (χ1n) is 6.43. The molecule has 21 heavy (non-hydrogen) atoms. The van der Waals surface area contributed by atoms with E-state index in [1.165, 1.54) is 6.07 Å². The fourth-order valence-electron chi connectivity index (χ4n) is 2.00. The van der Waals surface area contributed by atoms with Gasteiger partial charge in [-0.25, -0.2) is 13.1 Å². The van der Waals surface area contributed by atoms with Crippen LogP contribution in [0.2, 0.25) is 0 Å². The molecule has 1 atom stereocenters. The number of hydrogen-bond acceptors (Lipinski definition) is 4. The molecule has 0 fully saturated rings. The van der Waals surface area contributed by atoms with E-state index in [0.29, 0.717) is 16.9 Å². The Morgan fingerprint density at radius 3 is 2.52 bits per heavy atom. The maximum Gasteiger partial charge on any atom is 0.241 e. The van der Waals surface area contributed by atoms with Gasteiger partial charge in [0, 0.05) is 0 Å². The SMILES string of the molecule is Cc1ccc(C(C)NS(=O)(=O)c2cc(C#N)ccc2C)o1. The van der Waals surface area contributed by atoms with E-state index < -0.39 is 16.1 Å². The number of aryl methyl sites for hydroxylation is 2. The molecule has 0 saturated carbocycles. The Kier molecular flexibility index (Phi) is 4.16. The van der Waals surface area contributed by atoms with Gasteiger partial charge in [-0.3, -0.25) is 0 Å². The molecule has 110 valence electrons. The Balaban J connectivity index is 2.33. The lowest BCUT2D eigenvalue weighted by atomic mass is 10.2. The quantitative estimate of drug-likeness (QED) is 0.941. The van der Waals surface area contributed by atoms with Crippen molar-refractivity contribution in [2.24, 2.45) is 0 Å². The fraction of sp³-hybridized carbons (Fsp3) is 0.267. The monoisotopic (exact) mass is 304 g/mol. The number of nitrogens with one attached hydrogen (secondary N) is 1. The molecule has 0 bridgehead atoms. The van der Waals surface area contributed by atoms with Gasteiger partial charge < -0.3 is 4.42 Å². The van der Waals surface area contributed by atoms with Crippen molar-refractivity contribution in [1.29, 1.82) is 5.26 Å². The van der Waals surface area contributed by atoms with Gasteiger partial charge in [0.25, 0.3) is 0 Å². The largest absolute Gasteiger partial charge is 0.465 e. The normalized spacial score (nSPS) is 12.9. The molecule has 1 aromatic carbocycles. The Morgan fingerprint density at radius 1 is 1.24 bits per heavy atom. The number of nitriles is 1. The van der Waals surface area contributed by atoms with Crippen molar-refractivity contribution in [3.05, 3.63) is 53.0 Å². The number of hydrogen-bond donors (Lipinski definition) is 1. The van der Waals surface area contributed by atoms with E-state index in [2.05, 4.69) is 4.72 Å². The number of sulfonamides is 1. The van der Waals surface area contributed by atoms with Gasteiger partial charge in [0.2, 0.25) is 10.0 Å². The first-order valence-corrected chi connectivity index (χ1v) is 7.91. The molecule has 0 spiro atoms. The number of furan rings is 1. The van der Waals surface area contributed by atoms with Crippen molar-refractivity contribution in [2.45, 2.75) is 31.7 Å². The summed E-state index contributed by atoms with van der Waals surface area (Å²) in [5, 5.41) is 8.90. The summed E-state index contributed by atoms with van der Waals surface area (Å²) in [4.78, 5) is 0.108. The summed E-state index contributed by atoms with van der Waals surface area (Å²) in [6.45, 7) is 5.20. The topological polar surface area (TPSA) is 83.1 Å². The maximum absolute atomic E-state index is 12.4. The molecular weight excluding hydrogens is 288 g/mol. The lowest BCUT2D eigenvalue weighted by Gasteiger charge is -2.14. The Labute approximate surface area is 124 Å². The summed E-state index contributed by atoms with van der Waals surface area (Å²) in [6, 6.07) is 9.55. The van der Waals surface area contributed by atoms with Crippen molar-refractivity contribution in [1.82, 2.24) is 4.72 Å². The van der Waals surface area contributed by atoms with Gasteiger partial charge in [0.15, 0.2) is 0 Å². The molecule has 0 aliphatic rings. The Bertz CT molecular complexity index is 801. The summed E-state index contributed by atoms with van der Waals surface area (Å²) >= 11 is 0. The summed E-state index contributed by atoms with van der Waals surface area (Å²) < 4.78 is 32.9. The third kappa shape index (κ3) is 3.32. The van der Waals surface area contributed by atoms with Crippen molar-refractivity contribution in [2.75, 3.05) is 0 Å². The van der Waals surface area contributed by atoms with Crippen LogP contribution in [0, 0.1) is 25.2 Å². The zero-order valence-electron chi connectivity index (χ0n) is 12.0. The fourth-order valence-corrected chi connectivity index (χ4v) is 3.48. The summed E-state index contributed by atoms with van der Waals surface area (Å²) in [5.41, 5.74) is 0.895. The molecule has 5 nitrogen and oxygen atoms in total. The highest BCUT2D eigenvalue weighted by atomic mass is 32.2. The second kappa shape index (κ2) is 5.72. The highest BCUT2D eigenvalue weighted by Crippen LogP contribution is 2.21. The van der Waals surface area contributed by atoms with Crippen molar-refractivity contribution >= 4 is 10.0 Å². The lowest BCUT2D eigenvalue weighted by Crippen LogP contribution is -2.27. The molecule has 2 rings (SSSR count). The van der Waals surface area contributed by atoms with Gasteiger partial charge in [0.1, 0.15) is 11.5 Å². The molecule has 1 N–H and O–H groups in total. The Morgan fingerprint density at radius 2 is 1.95 bits per heavy atom. The first-order chi connectivity index (χ1) is 9.83. The van der Waals surface area contributed by atoms with Crippen molar-refractivity contribution in [3.63, 3.8) is 0 Å². The van der Waals surface area contributed by atoms with E-state index in [1.54, 1.807) is 45.0 Å². The van der Waals surface area contributed by atoms with Crippen LogP contribution < -0.4 is 4.72 Å². The van der Waals surface area contributed by atoms with Gasteiger partial charge in [-0.15, -0.1) is 0 Å². The molecule has 0 aliphatic carbocycles. The molecule has 2 aromatic rings. The van der Waals surface area contributed by atoms with E-state index in [4.69, 9.17) is 9.68 Å². The van der Waals surface area contributed by atoms with Gasteiger partial charge in [0.05, 0.1) is 22.6 Å². The summed E-state index contributed by atoms with van der Waals surface area (Å²) in [6.07, 6.45) is 0. The van der Waals surface area contributed by atoms with E-state index in [9.17, 15) is 8.42 Å². The van der Waals surface area contributed by atoms with E-state index >= 15 is 0 Å². The van der Waals surface area contributed by atoms with Crippen molar-refractivity contribution in [3.8, 4) is 6.07 Å². The molecule has 0 amide bonds. The second-order valence-corrected chi connectivity index (χ2v) is 6.57. The number of nitrogens with zero attached hydrogens (tertiary/aromatic N) is 1. The van der Waals surface area contributed by atoms with Crippen LogP contribution in [0.5, 0.6) is 0 Å². The van der Waals surface area contributed by atoms with Crippen LogP contribution in [0.15, 0.2) is 39.6 Å². The van der Waals surface area contributed by atoms with Gasteiger partial charge in [-0.2, -0.15) is 5.26 Å². The minimum atomic E-state index is -3.72. The highest BCUT2D eigenvalue weighted by molar-refractivity contribution is 7.89. The van der Waals surface area contributed by atoms with Crippen LogP contribution >= 0.6 is 0 Å². The molecule has 1 aromatic heterocycles. The van der Waals surface area contributed by atoms with Crippen LogP contribution in [0.1, 0.15) is 35.6 Å². The van der Waals surface area contributed by atoms with Crippen LogP contribution in [0.25, 0.3) is 0 Å².